The minimum absolute atomic E-state index is 0.125. The van der Waals surface area contributed by atoms with Crippen LogP contribution in [0.15, 0.2) is 47.5 Å². The van der Waals surface area contributed by atoms with Crippen molar-refractivity contribution in [2.45, 2.75) is 6.92 Å². The third-order valence-corrected chi connectivity index (χ3v) is 2.82. The minimum Gasteiger partial charge on any atom is -0.326 e. The Morgan fingerprint density at radius 2 is 2.12 bits per heavy atom. The number of nitrogens with one attached hydrogen (secondary N) is 1. The first-order valence-electron chi connectivity index (χ1n) is 5.39. The summed E-state index contributed by atoms with van der Waals surface area (Å²) in [4.78, 5) is 14.2. The lowest BCUT2D eigenvalue weighted by molar-refractivity contribution is 0.939. The molecular formula is C13H11N3O. The Bertz CT molecular complexity index is 740. The van der Waals surface area contributed by atoms with E-state index in [0.29, 0.717) is 5.52 Å². The monoisotopic (exact) mass is 225 g/mol. The average molecular weight is 225 g/mol. The van der Waals surface area contributed by atoms with E-state index < -0.39 is 0 Å². The standard InChI is InChI=1S/C13H11N3O/c1-9-4-2-3-5-10(9)11-8-12-13(17)14-6-7-16(12)15-11/h2-8H,1H3,(H,14,17). The highest BCUT2D eigenvalue weighted by atomic mass is 16.1. The molecule has 4 nitrogen and oxygen atoms in total. The van der Waals surface area contributed by atoms with Crippen molar-refractivity contribution in [1.82, 2.24) is 14.6 Å². The van der Waals surface area contributed by atoms with Gasteiger partial charge in [-0.3, -0.25) is 4.79 Å². The Labute approximate surface area is 97.5 Å². The van der Waals surface area contributed by atoms with Crippen molar-refractivity contribution in [2.24, 2.45) is 0 Å². The Morgan fingerprint density at radius 3 is 2.88 bits per heavy atom. The molecule has 0 atom stereocenters. The lowest BCUT2D eigenvalue weighted by Crippen LogP contribution is -2.07. The molecule has 1 N–H and O–H groups in total. The molecule has 3 aromatic rings. The summed E-state index contributed by atoms with van der Waals surface area (Å²) in [5.41, 5.74) is 3.45. The summed E-state index contributed by atoms with van der Waals surface area (Å²) < 4.78 is 1.60. The Kier molecular flexibility index (Phi) is 2.08. The lowest BCUT2D eigenvalue weighted by atomic mass is 10.1. The van der Waals surface area contributed by atoms with Crippen LogP contribution in [-0.2, 0) is 0 Å². The molecule has 0 aliphatic heterocycles. The smallest absolute Gasteiger partial charge is 0.273 e. The first kappa shape index (κ1) is 9.84. The predicted molar refractivity (Wildman–Crippen MR) is 66.0 cm³/mol. The fourth-order valence-electron chi connectivity index (χ4n) is 1.93. The average Bonchev–Trinajstić information content (AvgIpc) is 2.75. The second-order valence-corrected chi connectivity index (χ2v) is 3.96. The third kappa shape index (κ3) is 1.54. The molecule has 3 rings (SSSR count). The molecule has 0 saturated heterocycles. The Balaban J connectivity index is 2.30. The van der Waals surface area contributed by atoms with E-state index in [9.17, 15) is 4.79 Å². The molecule has 2 aromatic heterocycles. The van der Waals surface area contributed by atoms with Gasteiger partial charge in [0.25, 0.3) is 5.56 Å². The van der Waals surface area contributed by atoms with Gasteiger partial charge in [0.15, 0.2) is 0 Å². The van der Waals surface area contributed by atoms with Crippen LogP contribution in [0, 0.1) is 6.92 Å². The summed E-state index contributed by atoms with van der Waals surface area (Å²) in [7, 11) is 0. The van der Waals surface area contributed by atoms with Gasteiger partial charge in [0.05, 0.1) is 5.69 Å². The highest BCUT2D eigenvalue weighted by Gasteiger charge is 2.07. The number of aromatic amines is 1. The van der Waals surface area contributed by atoms with Crippen molar-refractivity contribution < 1.29 is 0 Å². The maximum atomic E-state index is 11.6. The van der Waals surface area contributed by atoms with E-state index in [1.807, 2.05) is 31.2 Å². The number of H-pyrrole nitrogens is 1. The predicted octanol–water partition coefficient (Wildman–Crippen LogP) is 2.00. The molecule has 0 fully saturated rings. The van der Waals surface area contributed by atoms with Crippen LogP contribution in [-0.4, -0.2) is 14.6 Å². The largest absolute Gasteiger partial charge is 0.326 e. The summed E-state index contributed by atoms with van der Waals surface area (Å²) in [6.45, 7) is 2.03. The molecule has 2 heterocycles. The van der Waals surface area contributed by atoms with Crippen LogP contribution in [0.5, 0.6) is 0 Å². The Hall–Kier alpha value is -2.36. The van der Waals surface area contributed by atoms with Crippen molar-refractivity contribution in [3.8, 4) is 11.3 Å². The molecule has 0 saturated carbocycles. The van der Waals surface area contributed by atoms with Crippen LogP contribution in [0.25, 0.3) is 16.8 Å². The second-order valence-electron chi connectivity index (χ2n) is 3.96. The summed E-state index contributed by atoms with van der Waals surface area (Å²) in [6, 6.07) is 9.80. The summed E-state index contributed by atoms with van der Waals surface area (Å²) in [5.74, 6) is 0. The number of benzene rings is 1. The third-order valence-electron chi connectivity index (χ3n) is 2.82. The lowest BCUT2D eigenvalue weighted by Gasteiger charge is -1.99. The minimum atomic E-state index is -0.125. The van der Waals surface area contributed by atoms with Gasteiger partial charge in [-0.25, -0.2) is 4.52 Å². The van der Waals surface area contributed by atoms with Crippen LogP contribution in [0.4, 0.5) is 0 Å². The first-order valence-corrected chi connectivity index (χ1v) is 5.39. The molecule has 4 heteroatoms. The van der Waals surface area contributed by atoms with Crippen molar-refractivity contribution in [1.29, 1.82) is 0 Å². The van der Waals surface area contributed by atoms with Crippen LogP contribution >= 0.6 is 0 Å². The number of hydrogen-bond acceptors (Lipinski definition) is 2. The molecule has 17 heavy (non-hydrogen) atoms. The number of nitrogens with zero attached hydrogens (tertiary/aromatic N) is 2. The van der Waals surface area contributed by atoms with Gasteiger partial charge in [0, 0.05) is 18.0 Å². The van der Waals surface area contributed by atoms with Gasteiger partial charge in [0.1, 0.15) is 5.52 Å². The molecule has 0 aliphatic rings. The van der Waals surface area contributed by atoms with Gasteiger partial charge >= 0.3 is 0 Å². The normalized spacial score (nSPS) is 10.9. The second kappa shape index (κ2) is 3.59. The summed E-state index contributed by atoms with van der Waals surface area (Å²) in [6.07, 6.45) is 3.32. The summed E-state index contributed by atoms with van der Waals surface area (Å²) >= 11 is 0. The highest BCUT2D eigenvalue weighted by molar-refractivity contribution is 5.68. The summed E-state index contributed by atoms with van der Waals surface area (Å²) in [5, 5.41) is 4.40. The van der Waals surface area contributed by atoms with E-state index >= 15 is 0 Å². The van der Waals surface area contributed by atoms with Gasteiger partial charge in [-0.1, -0.05) is 24.3 Å². The molecule has 0 unspecified atom stereocenters. The number of aryl methyl sites for hydroxylation is 1. The van der Waals surface area contributed by atoms with E-state index in [4.69, 9.17) is 0 Å². The van der Waals surface area contributed by atoms with Gasteiger partial charge in [-0.2, -0.15) is 5.10 Å². The molecule has 0 aliphatic carbocycles. The maximum absolute atomic E-state index is 11.6. The topological polar surface area (TPSA) is 50.2 Å². The van der Waals surface area contributed by atoms with Gasteiger partial charge < -0.3 is 4.98 Å². The molecule has 0 spiro atoms. The zero-order chi connectivity index (χ0) is 11.8. The van der Waals surface area contributed by atoms with Crippen molar-refractivity contribution in [3.63, 3.8) is 0 Å². The number of aromatic nitrogens is 3. The fourth-order valence-corrected chi connectivity index (χ4v) is 1.93. The van der Waals surface area contributed by atoms with Crippen LogP contribution in [0.1, 0.15) is 5.56 Å². The Morgan fingerprint density at radius 1 is 1.29 bits per heavy atom. The highest BCUT2D eigenvalue weighted by Crippen LogP contribution is 2.21. The van der Waals surface area contributed by atoms with Gasteiger partial charge in [0.2, 0.25) is 0 Å². The van der Waals surface area contributed by atoms with E-state index in [2.05, 4.69) is 10.1 Å². The van der Waals surface area contributed by atoms with Crippen molar-refractivity contribution >= 4 is 5.52 Å². The van der Waals surface area contributed by atoms with E-state index in [0.717, 1.165) is 16.8 Å². The van der Waals surface area contributed by atoms with E-state index in [-0.39, 0.29) is 5.56 Å². The van der Waals surface area contributed by atoms with E-state index in [1.54, 1.807) is 23.0 Å². The molecule has 84 valence electrons. The fraction of sp³-hybridized carbons (Fsp3) is 0.0769. The maximum Gasteiger partial charge on any atom is 0.273 e. The molecule has 1 aromatic carbocycles. The quantitative estimate of drug-likeness (QED) is 0.688. The van der Waals surface area contributed by atoms with E-state index in [1.165, 1.54) is 0 Å². The zero-order valence-corrected chi connectivity index (χ0v) is 9.34. The molecule has 0 bridgehead atoms. The molecule has 0 radical (unpaired) electrons. The number of hydrogen-bond donors (Lipinski definition) is 1. The molecule has 0 amide bonds. The number of rotatable bonds is 1. The van der Waals surface area contributed by atoms with Gasteiger partial charge in [-0.05, 0) is 18.6 Å². The molecular weight excluding hydrogens is 214 g/mol. The SMILES string of the molecule is Cc1ccccc1-c1cc2c(=O)[nH]ccn2n1. The zero-order valence-electron chi connectivity index (χ0n) is 9.34. The first-order chi connectivity index (χ1) is 8.25. The number of fused-ring (bicyclic) bond motifs is 1. The van der Waals surface area contributed by atoms with Gasteiger partial charge in [-0.15, -0.1) is 0 Å². The van der Waals surface area contributed by atoms with Crippen molar-refractivity contribution in [3.05, 3.63) is 58.6 Å². The van der Waals surface area contributed by atoms with Crippen molar-refractivity contribution in [2.75, 3.05) is 0 Å². The van der Waals surface area contributed by atoms with Crippen LogP contribution < -0.4 is 5.56 Å². The van der Waals surface area contributed by atoms with Crippen LogP contribution in [0.3, 0.4) is 0 Å². The van der Waals surface area contributed by atoms with Crippen LogP contribution in [0.2, 0.25) is 0 Å².